The van der Waals surface area contributed by atoms with Crippen molar-refractivity contribution in [3.63, 3.8) is 0 Å². The molecule has 0 aliphatic heterocycles. The number of pyridine rings is 1. The third-order valence-corrected chi connectivity index (χ3v) is 2.94. The van der Waals surface area contributed by atoms with Gasteiger partial charge in [0.2, 0.25) is 5.91 Å². The van der Waals surface area contributed by atoms with Gasteiger partial charge in [-0.25, -0.2) is 4.98 Å². The number of hydrogen-bond donors (Lipinski definition) is 3. The number of nitrogens with zero attached hydrogens (tertiary/aromatic N) is 1. The van der Waals surface area contributed by atoms with E-state index in [9.17, 15) is 4.79 Å². The zero-order chi connectivity index (χ0) is 14.4. The Hall–Kier alpha value is -2.30. The number of benzene rings is 1. The molecule has 1 aromatic carbocycles. The first kappa shape index (κ1) is 14.1. The van der Waals surface area contributed by atoms with Gasteiger partial charge in [0.05, 0.1) is 5.52 Å². The van der Waals surface area contributed by atoms with E-state index in [1.165, 1.54) is 0 Å². The number of amides is 1. The largest absolute Gasteiger partial charge is 0.399 e. The molecule has 2 rings (SSSR count). The fraction of sp³-hybridized carbons (Fsp3) is 0.333. The fourth-order valence-corrected chi connectivity index (χ4v) is 1.90. The van der Waals surface area contributed by atoms with Gasteiger partial charge in [-0.3, -0.25) is 4.79 Å². The van der Waals surface area contributed by atoms with Gasteiger partial charge in [0.15, 0.2) is 0 Å². The molecule has 1 heterocycles. The Kier molecular flexibility index (Phi) is 4.76. The van der Waals surface area contributed by atoms with Crippen molar-refractivity contribution in [1.29, 1.82) is 0 Å². The van der Waals surface area contributed by atoms with E-state index in [0.29, 0.717) is 13.0 Å². The van der Waals surface area contributed by atoms with Crippen LogP contribution in [0.3, 0.4) is 0 Å². The quantitative estimate of drug-likeness (QED) is 0.704. The van der Waals surface area contributed by atoms with Gasteiger partial charge >= 0.3 is 0 Å². The maximum Gasteiger partial charge on any atom is 0.221 e. The highest BCUT2D eigenvalue weighted by molar-refractivity contribution is 5.83. The first-order valence-electron chi connectivity index (χ1n) is 6.86. The fourth-order valence-electron chi connectivity index (χ4n) is 1.90. The van der Waals surface area contributed by atoms with Gasteiger partial charge in [0, 0.05) is 30.6 Å². The number of carbonyl (C=O) groups excluding carboxylic acids is 1. The minimum atomic E-state index is 0.0629. The summed E-state index contributed by atoms with van der Waals surface area (Å²) in [6, 6.07) is 9.48. The summed E-state index contributed by atoms with van der Waals surface area (Å²) in [7, 11) is 0. The SMILES string of the molecule is CCCNC(=O)CCNc1ccc2cc(N)ccc2n1. The van der Waals surface area contributed by atoms with Gasteiger partial charge in [-0.2, -0.15) is 0 Å². The van der Waals surface area contributed by atoms with Crippen LogP contribution >= 0.6 is 0 Å². The van der Waals surface area contributed by atoms with E-state index in [4.69, 9.17) is 5.73 Å². The Morgan fingerprint density at radius 2 is 2.10 bits per heavy atom. The van der Waals surface area contributed by atoms with Crippen LogP contribution in [0.4, 0.5) is 11.5 Å². The molecule has 0 saturated heterocycles. The summed E-state index contributed by atoms with van der Waals surface area (Å²) in [6.45, 7) is 3.34. The normalized spacial score (nSPS) is 10.4. The highest BCUT2D eigenvalue weighted by Crippen LogP contribution is 2.17. The zero-order valence-corrected chi connectivity index (χ0v) is 11.6. The summed E-state index contributed by atoms with van der Waals surface area (Å²) in [5, 5.41) is 7.01. The number of carbonyl (C=O) groups is 1. The molecule has 0 atom stereocenters. The van der Waals surface area contributed by atoms with Gasteiger partial charge in [-0.15, -0.1) is 0 Å². The van der Waals surface area contributed by atoms with E-state index < -0.39 is 0 Å². The lowest BCUT2D eigenvalue weighted by Crippen LogP contribution is -2.25. The second kappa shape index (κ2) is 6.75. The highest BCUT2D eigenvalue weighted by Gasteiger charge is 2.01. The van der Waals surface area contributed by atoms with Crippen molar-refractivity contribution in [2.24, 2.45) is 0 Å². The monoisotopic (exact) mass is 272 g/mol. The average molecular weight is 272 g/mol. The maximum atomic E-state index is 11.5. The Balaban J connectivity index is 1.90. The topological polar surface area (TPSA) is 80.0 Å². The molecular formula is C15H20N4O. The van der Waals surface area contributed by atoms with Crippen LogP contribution in [-0.2, 0) is 4.79 Å². The van der Waals surface area contributed by atoms with E-state index >= 15 is 0 Å². The van der Waals surface area contributed by atoms with Crippen molar-refractivity contribution >= 4 is 28.3 Å². The first-order chi connectivity index (χ1) is 9.69. The molecule has 0 spiro atoms. The Bertz CT molecular complexity index is 597. The number of rotatable bonds is 6. The predicted octanol–water partition coefficient (Wildman–Crippen LogP) is 2.15. The van der Waals surface area contributed by atoms with Crippen LogP contribution in [0.1, 0.15) is 19.8 Å². The Morgan fingerprint density at radius 3 is 2.90 bits per heavy atom. The second-order valence-electron chi connectivity index (χ2n) is 4.68. The molecule has 20 heavy (non-hydrogen) atoms. The van der Waals surface area contributed by atoms with Crippen LogP contribution in [0, 0.1) is 0 Å². The van der Waals surface area contributed by atoms with Gasteiger partial charge in [0.25, 0.3) is 0 Å². The summed E-state index contributed by atoms with van der Waals surface area (Å²) in [5.74, 6) is 0.832. The van der Waals surface area contributed by atoms with E-state index in [-0.39, 0.29) is 5.91 Å². The number of aromatic nitrogens is 1. The molecule has 1 amide bonds. The average Bonchev–Trinajstić information content (AvgIpc) is 2.45. The lowest BCUT2D eigenvalue weighted by atomic mass is 10.2. The van der Waals surface area contributed by atoms with Crippen molar-refractivity contribution in [2.45, 2.75) is 19.8 Å². The molecule has 0 aliphatic carbocycles. The molecule has 0 bridgehead atoms. The summed E-state index contributed by atoms with van der Waals surface area (Å²) in [4.78, 5) is 15.9. The van der Waals surface area contributed by atoms with Gasteiger partial charge in [-0.1, -0.05) is 6.92 Å². The van der Waals surface area contributed by atoms with Crippen LogP contribution in [0.2, 0.25) is 0 Å². The van der Waals surface area contributed by atoms with Crippen LogP contribution in [0.25, 0.3) is 10.9 Å². The molecule has 0 radical (unpaired) electrons. The van der Waals surface area contributed by atoms with E-state index in [1.807, 2.05) is 37.3 Å². The van der Waals surface area contributed by atoms with Crippen LogP contribution in [-0.4, -0.2) is 24.0 Å². The third-order valence-electron chi connectivity index (χ3n) is 2.94. The number of anilines is 2. The minimum absolute atomic E-state index is 0.0629. The Labute approximate surface area is 118 Å². The van der Waals surface area contributed by atoms with Crippen molar-refractivity contribution in [2.75, 3.05) is 24.1 Å². The zero-order valence-electron chi connectivity index (χ0n) is 11.6. The number of hydrogen-bond acceptors (Lipinski definition) is 4. The molecule has 5 nitrogen and oxygen atoms in total. The molecule has 0 unspecified atom stereocenters. The van der Waals surface area contributed by atoms with Crippen molar-refractivity contribution in [1.82, 2.24) is 10.3 Å². The molecule has 2 aromatic rings. The summed E-state index contributed by atoms with van der Waals surface area (Å²) < 4.78 is 0. The molecular weight excluding hydrogens is 252 g/mol. The number of nitrogens with two attached hydrogens (primary N) is 1. The standard InChI is InChI=1S/C15H20N4O/c1-2-8-18-15(20)7-9-17-14-6-3-11-10-12(16)4-5-13(11)19-14/h3-6,10H,2,7-9,16H2,1H3,(H,17,19)(H,18,20). The summed E-state index contributed by atoms with van der Waals surface area (Å²) >= 11 is 0. The molecule has 4 N–H and O–H groups in total. The Morgan fingerprint density at radius 1 is 1.25 bits per heavy atom. The van der Waals surface area contributed by atoms with Gasteiger partial charge in [-0.05, 0) is 36.8 Å². The molecule has 0 saturated carbocycles. The number of fused-ring (bicyclic) bond motifs is 1. The molecule has 0 fully saturated rings. The maximum absolute atomic E-state index is 11.5. The lowest BCUT2D eigenvalue weighted by Gasteiger charge is -2.07. The second-order valence-corrected chi connectivity index (χ2v) is 4.68. The van der Waals surface area contributed by atoms with Crippen molar-refractivity contribution in [3.05, 3.63) is 30.3 Å². The molecule has 0 aliphatic rings. The van der Waals surface area contributed by atoms with Crippen molar-refractivity contribution < 1.29 is 4.79 Å². The molecule has 106 valence electrons. The lowest BCUT2D eigenvalue weighted by molar-refractivity contribution is -0.120. The minimum Gasteiger partial charge on any atom is -0.399 e. The van der Waals surface area contributed by atoms with E-state index in [1.54, 1.807) is 0 Å². The van der Waals surface area contributed by atoms with Crippen LogP contribution in [0.5, 0.6) is 0 Å². The molecule has 1 aromatic heterocycles. The number of nitrogens with one attached hydrogen (secondary N) is 2. The number of nitrogen functional groups attached to an aromatic ring is 1. The highest BCUT2D eigenvalue weighted by atomic mass is 16.1. The third kappa shape index (κ3) is 3.85. The first-order valence-corrected chi connectivity index (χ1v) is 6.86. The van der Waals surface area contributed by atoms with E-state index in [2.05, 4.69) is 15.6 Å². The van der Waals surface area contributed by atoms with Crippen LogP contribution < -0.4 is 16.4 Å². The van der Waals surface area contributed by atoms with Crippen molar-refractivity contribution in [3.8, 4) is 0 Å². The van der Waals surface area contributed by atoms with Crippen LogP contribution in [0.15, 0.2) is 30.3 Å². The van der Waals surface area contributed by atoms with E-state index in [0.717, 1.165) is 35.4 Å². The van der Waals surface area contributed by atoms with Gasteiger partial charge < -0.3 is 16.4 Å². The smallest absolute Gasteiger partial charge is 0.221 e. The predicted molar refractivity (Wildman–Crippen MR) is 82.6 cm³/mol. The van der Waals surface area contributed by atoms with Gasteiger partial charge in [0.1, 0.15) is 5.82 Å². The molecule has 5 heteroatoms. The summed E-state index contributed by atoms with van der Waals surface area (Å²) in [6.07, 6.45) is 1.40. The summed E-state index contributed by atoms with van der Waals surface area (Å²) in [5.41, 5.74) is 7.35.